The summed E-state index contributed by atoms with van der Waals surface area (Å²) in [5.74, 6) is 1.98. The van der Waals surface area contributed by atoms with Crippen LogP contribution in [0.1, 0.15) is 5.76 Å². The van der Waals surface area contributed by atoms with Gasteiger partial charge < -0.3 is 13.9 Å². The summed E-state index contributed by atoms with van der Waals surface area (Å²) in [6.45, 7) is 0.308. The Morgan fingerprint density at radius 3 is 2.52 bits per heavy atom. The molecule has 6 nitrogen and oxygen atoms in total. The molecule has 31 heavy (non-hydrogen) atoms. The first kappa shape index (κ1) is 21.3. The summed E-state index contributed by atoms with van der Waals surface area (Å²) in [5.41, 5.74) is 0.921. The van der Waals surface area contributed by atoms with Gasteiger partial charge in [0.25, 0.3) is 11.1 Å². The minimum atomic E-state index is -0.361. The maximum Gasteiger partial charge on any atom is 0.293 e. The summed E-state index contributed by atoms with van der Waals surface area (Å²) >= 11 is 4.30. The number of carbonyl (C=O) groups is 2. The van der Waals surface area contributed by atoms with E-state index in [-0.39, 0.29) is 24.3 Å². The van der Waals surface area contributed by atoms with Gasteiger partial charge in [0.2, 0.25) is 0 Å². The zero-order chi connectivity index (χ0) is 21.8. The Bertz CT molecular complexity index is 1140. The number of rotatable bonds is 7. The number of amides is 2. The maximum atomic E-state index is 12.7. The monoisotopic (exact) mass is 499 g/mol. The van der Waals surface area contributed by atoms with Crippen LogP contribution in [0.15, 0.2) is 74.5 Å². The lowest BCUT2D eigenvalue weighted by atomic mass is 10.2. The Hall–Kier alpha value is -2.97. The highest BCUT2D eigenvalue weighted by atomic mass is 79.9. The number of thioether (sulfide) groups is 1. The molecule has 0 aliphatic carbocycles. The molecule has 0 radical (unpaired) electrons. The molecule has 0 bridgehead atoms. The van der Waals surface area contributed by atoms with Gasteiger partial charge in [-0.25, -0.2) is 0 Å². The van der Waals surface area contributed by atoms with Gasteiger partial charge >= 0.3 is 0 Å². The van der Waals surface area contributed by atoms with Crippen LogP contribution in [-0.4, -0.2) is 36.3 Å². The molecule has 8 heteroatoms. The van der Waals surface area contributed by atoms with E-state index in [9.17, 15) is 9.59 Å². The number of carbonyl (C=O) groups excluding carboxylic acids is 2. The van der Waals surface area contributed by atoms with Gasteiger partial charge in [0.1, 0.15) is 18.1 Å². The number of para-hydroxylation sites is 2. The maximum absolute atomic E-state index is 12.7. The Morgan fingerprint density at radius 1 is 1.03 bits per heavy atom. The van der Waals surface area contributed by atoms with E-state index in [1.807, 2.05) is 42.5 Å². The average molecular weight is 500 g/mol. The van der Waals surface area contributed by atoms with Gasteiger partial charge in [-0.3, -0.25) is 14.5 Å². The lowest BCUT2D eigenvalue weighted by Crippen LogP contribution is -2.32. The van der Waals surface area contributed by atoms with Gasteiger partial charge in [-0.05, 0) is 48.2 Å². The molecular formula is C23H18BrNO5S. The van der Waals surface area contributed by atoms with Crippen LogP contribution in [0.25, 0.3) is 17.4 Å². The minimum Gasteiger partial charge on any atom is -0.493 e. The SMILES string of the molecule is COc1ccccc1OCCN1C(=O)S/C(=C\c2ccc(-c3ccc(Br)cc3)o2)C1=O. The van der Waals surface area contributed by atoms with E-state index in [2.05, 4.69) is 15.9 Å². The van der Waals surface area contributed by atoms with Gasteiger partial charge in [-0.1, -0.05) is 40.2 Å². The molecule has 0 atom stereocenters. The summed E-state index contributed by atoms with van der Waals surface area (Å²) in [6.07, 6.45) is 1.59. The molecule has 1 fully saturated rings. The Balaban J connectivity index is 1.41. The number of hydrogen-bond donors (Lipinski definition) is 0. The third kappa shape index (κ3) is 4.86. The van der Waals surface area contributed by atoms with Crippen LogP contribution < -0.4 is 9.47 Å². The fourth-order valence-electron chi connectivity index (χ4n) is 3.01. The first-order chi connectivity index (χ1) is 15.0. The first-order valence-electron chi connectivity index (χ1n) is 9.42. The van der Waals surface area contributed by atoms with Crippen LogP contribution in [-0.2, 0) is 4.79 Å². The summed E-state index contributed by atoms with van der Waals surface area (Å²) in [4.78, 5) is 26.5. The molecule has 3 aromatic rings. The zero-order valence-corrected chi connectivity index (χ0v) is 18.9. The van der Waals surface area contributed by atoms with Crippen molar-refractivity contribution in [2.24, 2.45) is 0 Å². The third-order valence-electron chi connectivity index (χ3n) is 4.54. The number of halogens is 1. The Morgan fingerprint density at radius 2 is 1.77 bits per heavy atom. The van der Waals surface area contributed by atoms with Crippen molar-refractivity contribution < 1.29 is 23.5 Å². The predicted octanol–water partition coefficient (Wildman–Crippen LogP) is 5.83. The predicted molar refractivity (Wildman–Crippen MR) is 123 cm³/mol. The zero-order valence-electron chi connectivity index (χ0n) is 16.5. The van der Waals surface area contributed by atoms with Gasteiger partial charge in [0, 0.05) is 16.1 Å². The first-order valence-corrected chi connectivity index (χ1v) is 11.0. The van der Waals surface area contributed by atoms with Crippen molar-refractivity contribution in [3.63, 3.8) is 0 Å². The quantitative estimate of drug-likeness (QED) is 0.380. The number of imide groups is 1. The molecule has 0 unspecified atom stereocenters. The van der Waals surface area contributed by atoms with Crippen molar-refractivity contribution >= 4 is 44.9 Å². The molecule has 4 rings (SSSR count). The normalized spacial score (nSPS) is 15.0. The highest BCUT2D eigenvalue weighted by Crippen LogP contribution is 2.33. The van der Waals surface area contributed by atoms with Crippen molar-refractivity contribution in [1.29, 1.82) is 0 Å². The smallest absolute Gasteiger partial charge is 0.293 e. The molecule has 2 heterocycles. The van der Waals surface area contributed by atoms with Crippen LogP contribution in [0.4, 0.5) is 4.79 Å². The van der Waals surface area contributed by atoms with E-state index in [0.29, 0.717) is 27.9 Å². The lowest BCUT2D eigenvalue weighted by molar-refractivity contribution is -0.123. The van der Waals surface area contributed by atoms with Crippen LogP contribution in [0.2, 0.25) is 0 Å². The van der Waals surface area contributed by atoms with E-state index >= 15 is 0 Å². The molecule has 0 N–H and O–H groups in total. The van der Waals surface area contributed by atoms with Gasteiger partial charge in [-0.2, -0.15) is 0 Å². The van der Waals surface area contributed by atoms with E-state index in [1.165, 1.54) is 4.90 Å². The van der Waals surface area contributed by atoms with E-state index < -0.39 is 0 Å². The number of ether oxygens (including phenoxy) is 2. The largest absolute Gasteiger partial charge is 0.493 e. The lowest BCUT2D eigenvalue weighted by Gasteiger charge is -2.14. The van der Waals surface area contributed by atoms with Crippen molar-refractivity contribution in [3.05, 3.63) is 75.8 Å². The molecule has 2 amide bonds. The third-order valence-corrected chi connectivity index (χ3v) is 5.98. The number of hydrogen-bond acceptors (Lipinski definition) is 6. The van der Waals surface area contributed by atoms with Crippen molar-refractivity contribution in [2.75, 3.05) is 20.3 Å². The van der Waals surface area contributed by atoms with Crippen LogP contribution in [0.3, 0.4) is 0 Å². The van der Waals surface area contributed by atoms with E-state index in [0.717, 1.165) is 21.8 Å². The topological polar surface area (TPSA) is 69.0 Å². The second kappa shape index (κ2) is 9.45. The van der Waals surface area contributed by atoms with Gasteiger partial charge in [0.05, 0.1) is 18.6 Å². The fourth-order valence-corrected chi connectivity index (χ4v) is 4.12. The van der Waals surface area contributed by atoms with Crippen LogP contribution in [0.5, 0.6) is 11.5 Å². The fraction of sp³-hybridized carbons (Fsp3) is 0.130. The summed E-state index contributed by atoms with van der Waals surface area (Å²) in [6, 6.07) is 18.5. The standard InChI is InChI=1S/C23H18BrNO5S/c1-28-19-4-2-3-5-20(19)29-13-12-25-22(26)21(31-23(25)27)14-17-10-11-18(30-17)15-6-8-16(24)9-7-15/h2-11,14H,12-13H2,1H3/b21-14-. The second-order valence-electron chi connectivity index (χ2n) is 6.54. The van der Waals surface area contributed by atoms with Crippen molar-refractivity contribution in [2.45, 2.75) is 0 Å². The molecule has 0 saturated carbocycles. The van der Waals surface area contributed by atoms with E-state index in [1.54, 1.807) is 31.4 Å². The van der Waals surface area contributed by atoms with Crippen molar-refractivity contribution in [1.82, 2.24) is 4.90 Å². The summed E-state index contributed by atoms with van der Waals surface area (Å²) < 4.78 is 17.7. The van der Waals surface area contributed by atoms with Gasteiger partial charge in [0.15, 0.2) is 11.5 Å². The average Bonchev–Trinajstić information content (AvgIpc) is 3.34. The molecule has 1 aromatic heterocycles. The second-order valence-corrected chi connectivity index (χ2v) is 8.45. The molecule has 1 aliphatic heterocycles. The highest BCUT2D eigenvalue weighted by molar-refractivity contribution is 9.10. The van der Waals surface area contributed by atoms with Crippen LogP contribution in [0, 0.1) is 0 Å². The van der Waals surface area contributed by atoms with Crippen LogP contribution >= 0.6 is 27.7 Å². The number of benzene rings is 2. The molecule has 1 saturated heterocycles. The molecular weight excluding hydrogens is 482 g/mol. The highest BCUT2D eigenvalue weighted by Gasteiger charge is 2.35. The molecule has 1 aliphatic rings. The Kier molecular flexibility index (Phi) is 6.48. The Labute approximate surface area is 191 Å². The van der Waals surface area contributed by atoms with Gasteiger partial charge in [-0.15, -0.1) is 0 Å². The number of furan rings is 1. The van der Waals surface area contributed by atoms with Crippen molar-refractivity contribution in [3.8, 4) is 22.8 Å². The minimum absolute atomic E-state index is 0.141. The van der Waals surface area contributed by atoms with E-state index in [4.69, 9.17) is 13.9 Å². The molecule has 2 aromatic carbocycles. The number of nitrogens with zero attached hydrogens (tertiary/aromatic N) is 1. The molecule has 0 spiro atoms. The molecule has 158 valence electrons. The summed E-state index contributed by atoms with van der Waals surface area (Å²) in [7, 11) is 1.56. The summed E-state index contributed by atoms with van der Waals surface area (Å²) in [5, 5.41) is -0.334. The number of methoxy groups -OCH3 is 1.